The fraction of sp³-hybridized carbons (Fsp3) is 0.238. The Balaban J connectivity index is 1.71. The number of rotatable bonds is 8. The van der Waals surface area contributed by atoms with Crippen LogP contribution in [0.5, 0.6) is 11.5 Å². The minimum Gasteiger partial charge on any atom is -0.491 e. The molecule has 0 fully saturated rings. The summed E-state index contributed by atoms with van der Waals surface area (Å²) in [6, 6.07) is 14.9. The zero-order valence-corrected chi connectivity index (χ0v) is 15.3. The van der Waals surface area contributed by atoms with Crippen LogP contribution in [0.2, 0.25) is 0 Å². The van der Waals surface area contributed by atoms with E-state index in [1.807, 2.05) is 18.2 Å². The number of benzene rings is 2. The van der Waals surface area contributed by atoms with Gasteiger partial charge in [0.1, 0.15) is 41.8 Å². The first kappa shape index (κ1) is 19.4. The molecule has 0 saturated heterocycles. The van der Waals surface area contributed by atoms with Gasteiger partial charge in [0.25, 0.3) is 0 Å². The predicted molar refractivity (Wildman–Crippen MR) is 102 cm³/mol. The number of hydrogen-bond acceptors (Lipinski definition) is 7. The molecule has 0 amide bonds. The summed E-state index contributed by atoms with van der Waals surface area (Å²) < 4.78 is 21.4. The SMILES string of the molecule is CCOC(=O)c1cc(=O)c2c(OCC(O)COc3ccccc3)cccc2o1. The normalized spacial score (nSPS) is 11.8. The van der Waals surface area contributed by atoms with Crippen LogP contribution in [0.4, 0.5) is 0 Å². The van der Waals surface area contributed by atoms with Crippen LogP contribution in [-0.4, -0.2) is 37.0 Å². The Morgan fingerprint density at radius 2 is 1.82 bits per heavy atom. The second-order valence-electron chi connectivity index (χ2n) is 5.91. The third-order valence-electron chi connectivity index (χ3n) is 3.81. The summed E-state index contributed by atoms with van der Waals surface area (Å²) in [5.74, 6) is 0.00775. The molecule has 3 rings (SSSR count). The van der Waals surface area contributed by atoms with Crippen molar-refractivity contribution in [3.8, 4) is 11.5 Å². The van der Waals surface area contributed by atoms with Crippen LogP contribution in [0.3, 0.4) is 0 Å². The summed E-state index contributed by atoms with van der Waals surface area (Å²) in [5, 5.41) is 10.3. The Labute approximate surface area is 161 Å². The van der Waals surface area contributed by atoms with Gasteiger partial charge in [0.05, 0.1) is 6.61 Å². The Bertz CT molecular complexity index is 995. The molecule has 2 aromatic carbocycles. The summed E-state index contributed by atoms with van der Waals surface area (Å²) in [4.78, 5) is 24.2. The van der Waals surface area contributed by atoms with Gasteiger partial charge in [0.15, 0.2) is 5.43 Å². The van der Waals surface area contributed by atoms with E-state index in [2.05, 4.69) is 0 Å². The van der Waals surface area contributed by atoms with E-state index < -0.39 is 17.5 Å². The van der Waals surface area contributed by atoms with E-state index in [0.29, 0.717) is 5.75 Å². The van der Waals surface area contributed by atoms with E-state index >= 15 is 0 Å². The van der Waals surface area contributed by atoms with Gasteiger partial charge in [-0.05, 0) is 31.2 Å². The molecule has 146 valence electrons. The monoisotopic (exact) mass is 384 g/mol. The topological polar surface area (TPSA) is 95.2 Å². The van der Waals surface area contributed by atoms with Crippen LogP contribution >= 0.6 is 0 Å². The summed E-state index contributed by atoms with van der Waals surface area (Å²) in [6.45, 7) is 1.80. The van der Waals surface area contributed by atoms with Gasteiger partial charge < -0.3 is 23.7 Å². The Hall–Kier alpha value is -3.32. The standard InChI is InChI=1S/C21H20O7/c1-2-25-21(24)19-11-16(23)20-17(9-6-10-18(20)28-19)27-13-14(22)12-26-15-7-4-3-5-8-15/h3-11,14,22H,2,12-13H2,1H3. The lowest BCUT2D eigenvalue weighted by atomic mass is 10.2. The minimum atomic E-state index is -0.902. The molecule has 7 heteroatoms. The van der Waals surface area contributed by atoms with Gasteiger partial charge >= 0.3 is 5.97 Å². The molecule has 1 aromatic heterocycles. The number of para-hydroxylation sites is 1. The van der Waals surface area contributed by atoms with E-state index in [1.165, 1.54) is 0 Å². The van der Waals surface area contributed by atoms with Crippen molar-refractivity contribution >= 4 is 16.9 Å². The Kier molecular flexibility index (Phi) is 6.29. The van der Waals surface area contributed by atoms with Crippen molar-refractivity contribution in [2.24, 2.45) is 0 Å². The highest BCUT2D eigenvalue weighted by Crippen LogP contribution is 2.24. The van der Waals surface area contributed by atoms with Crippen LogP contribution in [-0.2, 0) is 4.74 Å². The molecule has 7 nitrogen and oxygen atoms in total. The second kappa shape index (κ2) is 9.05. The van der Waals surface area contributed by atoms with Gasteiger partial charge in [-0.1, -0.05) is 24.3 Å². The number of carbonyl (C=O) groups is 1. The van der Waals surface area contributed by atoms with Crippen LogP contribution < -0.4 is 14.9 Å². The molecule has 0 aliphatic rings. The molecular formula is C21H20O7. The molecule has 0 saturated carbocycles. The average molecular weight is 384 g/mol. The molecule has 3 aromatic rings. The third kappa shape index (κ3) is 4.69. The third-order valence-corrected chi connectivity index (χ3v) is 3.81. The molecule has 1 heterocycles. The van der Waals surface area contributed by atoms with Gasteiger partial charge in [-0.15, -0.1) is 0 Å². The zero-order valence-electron chi connectivity index (χ0n) is 15.3. The van der Waals surface area contributed by atoms with Crippen LogP contribution in [0.15, 0.2) is 63.8 Å². The highest BCUT2D eigenvalue weighted by molar-refractivity contribution is 5.90. The number of esters is 1. The highest BCUT2D eigenvalue weighted by Gasteiger charge is 2.16. The van der Waals surface area contributed by atoms with Crippen molar-refractivity contribution in [1.29, 1.82) is 0 Å². The molecule has 0 radical (unpaired) electrons. The number of aliphatic hydroxyl groups excluding tert-OH is 1. The maximum atomic E-state index is 12.4. The molecule has 1 N–H and O–H groups in total. The Morgan fingerprint density at radius 1 is 1.07 bits per heavy atom. The van der Waals surface area contributed by atoms with Crippen molar-refractivity contribution in [3.05, 3.63) is 70.6 Å². The van der Waals surface area contributed by atoms with Gasteiger partial charge in [-0.2, -0.15) is 0 Å². The highest BCUT2D eigenvalue weighted by atomic mass is 16.5. The Morgan fingerprint density at radius 3 is 2.57 bits per heavy atom. The number of carbonyl (C=O) groups excluding carboxylic acids is 1. The number of hydrogen-bond donors (Lipinski definition) is 1. The summed E-state index contributed by atoms with van der Waals surface area (Å²) in [6.07, 6.45) is -0.902. The van der Waals surface area contributed by atoms with Crippen LogP contribution in [0.1, 0.15) is 17.5 Å². The number of aliphatic hydroxyl groups is 1. The molecule has 28 heavy (non-hydrogen) atoms. The van der Waals surface area contributed by atoms with Crippen molar-refractivity contribution < 1.29 is 28.5 Å². The first-order valence-corrected chi connectivity index (χ1v) is 8.81. The summed E-state index contributed by atoms with van der Waals surface area (Å²) in [7, 11) is 0. The van der Waals surface area contributed by atoms with Crippen molar-refractivity contribution in [2.45, 2.75) is 13.0 Å². The average Bonchev–Trinajstić information content (AvgIpc) is 2.71. The van der Waals surface area contributed by atoms with Crippen molar-refractivity contribution in [3.63, 3.8) is 0 Å². The quantitative estimate of drug-likeness (QED) is 0.597. The second-order valence-corrected chi connectivity index (χ2v) is 5.91. The van der Waals surface area contributed by atoms with Gasteiger partial charge in [0, 0.05) is 6.07 Å². The molecule has 1 unspecified atom stereocenters. The minimum absolute atomic E-state index is 0.0381. The first-order chi connectivity index (χ1) is 13.6. The van der Waals surface area contributed by atoms with E-state index in [1.54, 1.807) is 37.3 Å². The number of fused-ring (bicyclic) bond motifs is 1. The maximum Gasteiger partial charge on any atom is 0.374 e. The van der Waals surface area contributed by atoms with Crippen molar-refractivity contribution in [1.82, 2.24) is 0 Å². The lowest BCUT2D eigenvalue weighted by Crippen LogP contribution is -2.25. The fourth-order valence-electron chi connectivity index (χ4n) is 2.54. The molecule has 0 aliphatic carbocycles. The molecular weight excluding hydrogens is 364 g/mol. The molecule has 1 atom stereocenters. The number of ether oxygens (including phenoxy) is 3. The fourth-order valence-corrected chi connectivity index (χ4v) is 2.54. The zero-order chi connectivity index (χ0) is 19.9. The first-order valence-electron chi connectivity index (χ1n) is 8.81. The summed E-state index contributed by atoms with van der Waals surface area (Å²) in [5.41, 5.74) is -0.238. The van der Waals surface area contributed by atoms with E-state index in [9.17, 15) is 14.7 Å². The lowest BCUT2D eigenvalue weighted by Gasteiger charge is -2.14. The smallest absolute Gasteiger partial charge is 0.374 e. The summed E-state index contributed by atoms with van der Waals surface area (Å²) >= 11 is 0. The van der Waals surface area contributed by atoms with E-state index in [-0.39, 0.29) is 42.3 Å². The maximum absolute atomic E-state index is 12.4. The van der Waals surface area contributed by atoms with Gasteiger partial charge in [0.2, 0.25) is 5.76 Å². The van der Waals surface area contributed by atoms with Crippen LogP contribution in [0, 0.1) is 0 Å². The molecule has 0 bridgehead atoms. The van der Waals surface area contributed by atoms with Crippen LogP contribution in [0.25, 0.3) is 11.0 Å². The largest absolute Gasteiger partial charge is 0.491 e. The van der Waals surface area contributed by atoms with E-state index in [4.69, 9.17) is 18.6 Å². The van der Waals surface area contributed by atoms with Gasteiger partial charge in [-0.25, -0.2) is 4.79 Å². The van der Waals surface area contributed by atoms with E-state index in [0.717, 1.165) is 6.07 Å². The van der Waals surface area contributed by atoms with Gasteiger partial charge in [-0.3, -0.25) is 4.79 Å². The molecule has 0 aliphatic heterocycles. The van der Waals surface area contributed by atoms with Crippen molar-refractivity contribution in [2.75, 3.05) is 19.8 Å². The molecule has 0 spiro atoms. The lowest BCUT2D eigenvalue weighted by molar-refractivity contribution is 0.0490. The predicted octanol–water partition coefficient (Wildman–Crippen LogP) is 2.79.